The molecule has 122 valence electrons. The van der Waals surface area contributed by atoms with Crippen molar-refractivity contribution in [2.24, 2.45) is 5.92 Å². The maximum atomic E-state index is 6.91. The lowest BCUT2D eigenvalue weighted by molar-refractivity contribution is 0.482. The molecule has 2 heteroatoms. The first-order chi connectivity index (χ1) is 10.4. The topological polar surface area (TPSA) is 0 Å². The van der Waals surface area contributed by atoms with Crippen LogP contribution >= 0.6 is 23.2 Å². The van der Waals surface area contributed by atoms with E-state index >= 15 is 0 Å². The van der Waals surface area contributed by atoms with Gasteiger partial charge >= 0.3 is 0 Å². The van der Waals surface area contributed by atoms with Gasteiger partial charge in [-0.3, -0.25) is 0 Å². The van der Waals surface area contributed by atoms with Gasteiger partial charge in [-0.1, -0.05) is 81.2 Å². The molecule has 0 aromatic heterocycles. The van der Waals surface area contributed by atoms with Crippen molar-refractivity contribution in [1.82, 2.24) is 0 Å². The normalized spacial score (nSPS) is 31.5. The zero-order valence-corrected chi connectivity index (χ0v) is 15.6. The molecular formula is C20H28Cl2. The maximum Gasteiger partial charge on any atom is 0.0863 e. The molecular weight excluding hydrogens is 311 g/mol. The summed E-state index contributed by atoms with van der Waals surface area (Å²) in [6.07, 6.45) is 20.1. The molecule has 22 heavy (non-hydrogen) atoms. The molecule has 2 rings (SSSR count). The summed E-state index contributed by atoms with van der Waals surface area (Å²) in [4.78, 5) is -0.933. The second kappa shape index (κ2) is 7.41. The van der Waals surface area contributed by atoms with Gasteiger partial charge < -0.3 is 0 Å². The third-order valence-corrected chi connectivity index (χ3v) is 6.01. The standard InChI is InChI=1S/C20H28Cl2/c1-4-6-8-17-10-12-19(21,14-17)16(3)20(22)13-11-18(15-20)9-7-5-2/h10-16H,4-9H2,1-3H3. The van der Waals surface area contributed by atoms with Crippen molar-refractivity contribution < 1.29 is 0 Å². The summed E-state index contributed by atoms with van der Waals surface area (Å²) in [7, 11) is 0. The second-order valence-corrected chi connectivity index (χ2v) is 8.00. The summed E-state index contributed by atoms with van der Waals surface area (Å²) in [5, 5.41) is 0. The monoisotopic (exact) mass is 338 g/mol. The summed E-state index contributed by atoms with van der Waals surface area (Å²) < 4.78 is 0. The van der Waals surface area contributed by atoms with Crippen LogP contribution in [-0.2, 0) is 0 Å². The third-order valence-electron chi connectivity index (χ3n) is 4.88. The van der Waals surface area contributed by atoms with Crippen molar-refractivity contribution in [1.29, 1.82) is 0 Å². The van der Waals surface area contributed by atoms with E-state index in [2.05, 4.69) is 57.2 Å². The molecule has 2 aliphatic carbocycles. The molecule has 0 bridgehead atoms. The summed E-state index contributed by atoms with van der Waals surface area (Å²) in [5.74, 6) is 0.120. The first-order valence-corrected chi connectivity index (χ1v) is 9.39. The van der Waals surface area contributed by atoms with Gasteiger partial charge in [0.15, 0.2) is 0 Å². The summed E-state index contributed by atoms with van der Waals surface area (Å²) >= 11 is 13.8. The molecule has 0 radical (unpaired) electrons. The van der Waals surface area contributed by atoms with Crippen LogP contribution in [0.1, 0.15) is 59.3 Å². The quantitative estimate of drug-likeness (QED) is 0.420. The van der Waals surface area contributed by atoms with E-state index in [4.69, 9.17) is 23.2 Å². The Hall–Kier alpha value is -0.460. The molecule has 2 atom stereocenters. The number of allylic oxidation sites excluding steroid dienone is 8. The molecule has 2 unspecified atom stereocenters. The number of hydrogen-bond acceptors (Lipinski definition) is 0. The zero-order chi connectivity index (χ0) is 16.2. The molecule has 2 aliphatic rings. The van der Waals surface area contributed by atoms with Crippen LogP contribution < -0.4 is 0 Å². The fourth-order valence-corrected chi connectivity index (χ4v) is 4.00. The van der Waals surface area contributed by atoms with Crippen molar-refractivity contribution >= 4 is 23.2 Å². The number of hydrogen-bond donors (Lipinski definition) is 0. The molecule has 0 amide bonds. The van der Waals surface area contributed by atoms with Gasteiger partial charge in [-0.2, -0.15) is 0 Å². The van der Waals surface area contributed by atoms with E-state index in [-0.39, 0.29) is 5.92 Å². The Morgan fingerprint density at radius 2 is 1.27 bits per heavy atom. The Kier molecular flexibility index (Phi) is 6.02. The van der Waals surface area contributed by atoms with Gasteiger partial charge in [0, 0.05) is 5.92 Å². The Morgan fingerprint density at radius 1 is 0.864 bits per heavy atom. The van der Waals surface area contributed by atoms with Crippen molar-refractivity contribution in [3.05, 3.63) is 47.6 Å². The van der Waals surface area contributed by atoms with E-state index in [0.717, 1.165) is 12.8 Å². The van der Waals surface area contributed by atoms with Crippen molar-refractivity contribution in [2.75, 3.05) is 0 Å². The van der Waals surface area contributed by atoms with Gasteiger partial charge in [-0.05, 0) is 25.7 Å². The Morgan fingerprint density at radius 3 is 1.64 bits per heavy atom. The van der Waals surface area contributed by atoms with Crippen LogP contribution in [0.3, 0.4) is 0 Å². The highest BCUT2D eigenvalue weighted by atomic mass is 35.5. The van der Waals surface area contributed by atoms with Crippen LogP contribution in [0.2, 0.25) is 0 Å². The highest BCUT2D eigenvalue weighted by molar-refractivity contribution is 6.31. The molecule has 0 aliphatic heterocycles. The molecule has 0 aromatic carbocycles. The van der Waals surface area contributed by atoms with Gasteiger partial charge in [0.25, 0.3) is 0 Å². The van der Waals surface area contributed by atoms with Crippen molar-refractivity contribution in [3.8, 4) is 0 Å². The minimum atomic E-state index is -0.466. The lowest BCUT2D eigenvalue weighted by atomic mass is 9.82. The van der Waals surface area contributed by atoms with E-state index in [1.165, 1.54) is 36.8 Å². The van der Waals surface area contributed by atoms with Crippen molar-refractivity contribution in [3.63, 3.8) is 0 Å². The Bertz CT molecular complexity index is 466. The molecule has 0 saturated carbocycles. The van der Waals surface area contributed by atoms with E-state index in [1.54, 1.807) is 0 Å². The maximum absolute atomic E-state index is 6.91. The molecule has 0 heterocycles. The Balaban J connectivity index is 2.10. The SMILES string of the molecule is CCCCC1=CC(Cl)(C(C)C2(Cl)C=CC(CCCC)=C2)C=C1. The fraction of sp³-hybridized carbons (Fsp3) is 0.600. The smallest absolute Gasteiger partial charge is 0.0863 e. The Labute approximate surface area is 146 Å². The lowest BCUT2D eigenvalue weighted by Gasteiger charge is -2.35. The van der Waals surface area contributed by atoms with Crippen LogP contribution in [0.5, 0.6) is 0 Å². The van der Waals surface area contributed by atoms with Gasteiger partial charge in [0.1, 0.15) is 0 Å². The average molecular weight is 339 g/mol. The molecule has 0 saturated heterocycles. The first kappa shape index (κ1) is 17.9. The minimum absolute atomic E-state index is 0.120. The highest BCUT2D eigenvalue weighted by Gasteiger charge is 2.44. The van der Waals surface area contributed by atoms with Gasteiger partial charge in [0.05, 0.1) is 9.75 Å². The lowest BCUT2D eigenvalue weighted by Crippen LogP contribution is -2.38. The van der Waals surface area contributed by atoms with Gasteiger partial charge in [0.2, 0.25) is 0 Å². The fourth-order valence-electron chi connectivity index (χ4n) is 3.18. The zero-order valence-electron chi connectivity index (χ0n) is 14.0. The van der Waals surface area contributed by atoms with Crippen molar-refractivity contribution in [2.45, 2.75) is 69.0 Å². The van der Waals surface area contributed by atoms with E-state index in [0.29, 0.717) is 0 Å². The summed E-state index contributed by atoms with van der Waals surface area (Å²) in [6.45, 7) is 6.60. The largest absolute Gasteiger partial charge is 0.110 e. The van der Waals surface area contributed by atoms with Crippen LogP contribution in [0.15, 0.2) is 47.6 Å². The number of unbranched alkanes of at least 4 members (excludes halogenated alkanes) is 2. The third kappa shape index (κ3) is 3.89. The van der Waals surface area contributed by atoms with E-state index in [9.17, 15) is 0 Å². The minimum Gasteiger partial charge on any atom is -0.110 e. The first-order valence-electron chi connectivity index (χ1n) is 8.63. The number of alkyl halides is 2. The molecule has 0 fully saturated rings. The van der Waals surface area contributed by atoms with Gasteiger partial charge in [-0.25, -0.2) is 0 Å². The molecule has 0 nitrogen and oxygen atoms in total. The summed E-state index contributed by atoms with van der Waals surface area (Å²) in [5.41, 5.74) is 2.70. The predicted octanol–water partition coefficient (Wildman–Crippen LogP) is 6.95. The predicted molar refractivity (Wildman–Crippen MR) is 99.8 cm³/mol. The number of rotatable bonds is 8. The molecule has 0 aromatic rings. The van der Waals surface area contributed by atoms with Crippen LogP contribution in [0, 0.1) is 5.92 Å². The van der Waals surface area contributed by atoms with Crippen LogP contribution in [0.25, 0.3) is 0 Å². The highest BCUT2D eigenvalue weighted by Crippen LogP contribution is 2.47. The van der Waals surface area contributed by atoms with Gasteiger partial charge in [-0.15, -0.1) is 23.2 Å². The average Bonchev–Trinajstić information content (AvgIpc) is 3.07. The number of halogens is 2. The van der Waals surface area contributed by atoms with E-state index < -0.39 is 9.75 Å². The molecule has 0 N–H and O–H groups in total. The second-order valence-electron chi connectivity index (χ2n) is 6.69. The van der Waals surface area contributed by atoms with E-state index in [1.807, 2.05) is 0 Å². The molecule has 0 spiro atoms. The summed E-state index contributed by atoms with van der Waals surface area (Å²) in [6, 6.07) is 0. The van der Waals surface area contributed by atoms with Crippen LogP contribution in [0.4, 0.5) is 0 Å². The van der Waals surface area contributed by atoms with Crippen LogP contribution in [-0.4, -0.2) is 9.75 Å².